The number of hydrogen-bond acceptors (Lipinski definition) is 5. The quantitative estimate of drug-likeness (QED) is 0.820. The van der Waals surface area contributed by atoms with Crippen LogP contribution in [0.3, 0.4) is 0 Å². The van der Waals surface area contributed by atoms with E-state index in [0.29, 0.717) is 26.8 Å². The number of amides is 1. The maximum absolute atomic E-state index is 12.4. The molecule has 0 bridgehead atoms. The van der Waals surface area contributed by atoms with Crippen LogP contribution in [0.25, 0.3) is 0 Å². The molecule has 0 saturated heterocycles. The monoisotopic (exact) mass is 395 g/mol. The van der Waals surface area contributed by atoms with Crippen LogP contribution in [0.1, 0.15) is 53.4 Å². The second-order valence-corrected chi connectivity index (χ2v) is 7.44. The number of nitrogens with one attached hydrogen (secondary N) is 1. The number of hydrogen-bond donors (Lipinski definition) is 1. The SMILES string of the molecule is COc1ccc(Br)c(C(=O)Nc2nnc(C3CCCCC3)s2)c1. The topological polar surface area (TPSA) is 64.1 Å². The summed E-state index contributed by atoms with van der Waals surface area (Å²) in [5, 5.41) is 12.8. The summed E-state index contributed by atoms with van der Waals surface area (Å²) >= 11 is 4.87. The summed E-state index contributed by atoms with van der Waals surface area (Å²) in [5.41, 5.74) is 0.513. The molecule has 0 spiro atoms. The molecule has 122 valence electrons. The smallest absolute Gasteiger partial charge is 0.258 e. The van der Waals surface area contributed by atoms with Crippen LogP contribution in [-0.2, 0) is 0 Å². The average molecular weight is 396 g/mol. The molecule has 0 unspecified atom stereocenters. The van der Waals surface area contributed by atoms with Crippen molar-refractivity contribution in [1.29, 1.82) is 0 Å². The van der Waals surface area contributed by atoms with Crippen LogP contribution in [-0.4, -0.2) is 23.2 Å². The summed E-state index contributed by atoms with van der Waals surface area (Å²) in [6.07, 6.45) is 6.15. The van der Waals surface area contributed by atoms with Gasteiger partial charge in [0.25, 0.3) is 5.91 Å². The highest BCUT2D eigenvalue weighted by Gasteiger charge is 2.21. The third-order valence-electron chi connectivity index (χ3n) is 4.03. The molecule has 2 aromatic rings. The minimum atomic E-state index is -0.220. The second kappa shape index (κ2) is 7.40. The van der Waals surface area contributed by atoms with Gasteiger partial charge in [0, 0.05) is 10.4 Å². The first-order valence-electron chi connectivity index (χ1n) is 7.65. The standard InChI is InChI=1S/C16H18BrN3O2S/c1-22-11-7-8-13(17)12(9-11)14(21)18-16-20-19-15(23-16)10-5-3-2-4-6-10/h7-10H,2-6H2,1H3,(H,18,20,21). The molecule has 0 aliphatic heterocycles. The number of benzene rings is 1. The number of carbonyl (C=O) groups excluding carboxylic acids is 1. The fourth-order valence-electron chi connectivity index (χ4n) is 2.77. The van der Waals surface area contributed by atoms with Gasteiger partial charge in [-0.1, -0.05) is 30.6 Å². The molecule has 3 rings (SSSR count). The van der Waals surface area contributed by atoms with Gasteiger partial charge in [0.2, 0.25) is 5.13 Å². The van der Waals surface area contributed by atoms with Crippen molar-refractivity contribution in [1.82, 2.24) is 10.2 Å². The van der Waals surface area contributed by atoms with Gasteiger partial charge in [0.15, 0.2) is 0 Å². The van der Waals surface area contributed by atoms with E-state index in [-0.39, 0.29) is 5.91 Å². The molecule has 1 saturated carbocycles. The largest absolute Gasteiger partial charge is 0.497 e. The molecule has 23 heavy (non-hydrogen) atoms. The van der Waals surface area contributed by atoms with Crippen molar-refractivity contribution in [2.24, 2.45) is 0 Å². The van der Waals surface area contributed by atoms with Gasteiger partial charge >= 0.3 is 0 Å². The lowest BCUT2D eigenvalue weighted by Gasteiger charge is -2.18. The number of halogens is 1. The normalized spacial score (nSPS) is 15.4. The molecule has 1 fully saturated rings. The molecule has 1 N–H and O–H groups in total. The molecule has 1 amide bonds. The van der Waals surface area contributed by atoms with Gasteiger partial charge in [0.1, 0.15) is 10.8 Å². The van der Waals surface area contributed by atoms with Gasteiger partial charge < -0.3 is 4.74 Å². The summed E-state index contributed by atoms with van der Waals surface area (Å²) in [5.74, 6) is 0.913. The molecule has 1 aromatic carbocycles. The lowest BCUT2D eigenvalue weighted by atomic mass is 9.90. The van der Waals surface area contributed by atoms with Crippen LogP contribution in [0.4, 0.5) is 5.13 Å². The van der Waals surface area contributed by atoms with Gasteiger partial charge in [-0.15, -0.1) is 10.2 Å². The van der Waals surface area contributed by atoms with Gasteiger partial charge in [-0.3, -0.25) is 10.1 Å². The Labute approximate surface area is 147 Å². The van der Waals surface area contributed by atoms with Crippen molar-refractivity contribution in [3.63, 3.8) is 0 Å². The average Bonchev–Trinajstić information content (AvgIpc) is 3.04. The Morgan fingerprint density at radius 1 is 1.30 bits per heavy atom. The van der Waals surface area contributed by atoms with E-state index in [4.69, 9.17) is 4.74 Å². The number of nitrogens with zero attached hydrogens (tertiary/aromatic N) is 2. The van der Waals surface area contributed by atoms with Crippen LogP contribution >= 0.6 is 27.3 Å². The number of anilines is 1. The van der Waals surface area contributed by atoms with Crippen molar-refractivity contribution >= 4 is 38.3 Å². The number of aromatic nitrogens is 2. The zero-order valence-corrected chi connectivity index (χ0v) is 15.2. The first kappa shape index (κ1) is 16.4. The Morgan fingerprint density at radius 2 is 2.09 bits per heavy atom. The number of rotatable bonds is 4. The maximum atomic E-state index is 12.4. The third-order valence-corrected chi connectivity index (χ3v) is 5.73. The molecular weight excluding hydrogens is 378 g/mol. The molecule has 0 radical (unpaired) electrons. The Morgan fingerprint density at radius 3 is 2.83 bits per heavy atom. The lowest BCUT2D eigenvalue weighted by molar-refractivity contribution is 0.102. The summed E-state index contributed by atoms with van der Waals surface area (Å²) in [6.45, 7) is 0. The summed E-state index contributed by atoms with van der Waals surface area (Å²) < 4.78 is 5.88. The Kier molecular flexibility index (Phi) is 5.27. The van der Waals surface area contributed by atoms with Crippen molar-refractivity contribution in [2.45, 2.75) is 38.0 Å². The fourth-order valence-corrected chi connectivity index (χ4v) is 4.10. The van der Waals surface area contributed by atoms with Crippen molar-refractivity contribution in [3.05, 3.63) is 33.2 Å². The predicted octanol–water partition coefficient (Wildman–Crippen LogP) is 4.61. The zero-order chi connectivity index (χ0) is 16.2. The fraction of sp³-hybridized carbons (Fsp3) is 0.438. The van der Waals surface area contributed by atoms with E-state index in [0.717, 1.165) is 5.01 Å². The summed E-state index contributed by atoms with van der Waals surface area (Å²) in [4.78, 5) is 12.4. The van der Waals surface area contributed by atoms with Crippen molar-refractivity contribution in [2.75, 3.05) is 12.4 Å². The van der Waals surface area contributed by atoms with Gasteiger partial charge in [-0.05, 0) is 47.0 Å². The van der Waals surface area contributed by atoms with Crippen LogP contribution in [0.15, 0.2) is 22.7 Å². The minimum absolute atomic E-state index is 0.220. The summed E-state index contributed by atoms with van der Waals surface area (Å²) in [7, 11) is 1.58. The van der Waals surface area contributed by atoms with Crippen LogP contribution < -0.4 is 10.1 Å². The molecule has 1 heterocycles. The van der Waals surface area contributed by atoms with E-state index in [1.54, 1.807) is 25.3 Å². The lowest BCUT2D eigenvalue weighted by Crippen LogP contribution is -2.12. The highest BCUT2D eigenvalue weighted by molar-refractivity contribution is 9.10. The molecule has 7 heteroatoms. The van der Waals surface area contributed by atoms with E-state index in [2.05, 4.69) is 31.4 Å². The van der Waals surface area contributed by atoms with E-state index in [1.165, 1.54) is 43.4 Å². The molecule has 1 aliphatic rings. The maximum Gasteiger partial charge on any atom is 0.258 e. The van der Waals surface area contributed by atoms with Gasteiger partial charge in [0.05, 0.1) is 12.7 Å². The first-order valence-corrected chi connectivity index (χ1v) is 9.26. The van der Waals surface area contributed by atoms with Crippen LogP contribution in [0, 0.1) is 0 Å². The molecule has 5 nitrogen and oxygen atoms in total. The molecule has 1 aliphatic carbocycles. The Bertz CT molecular complexity index is 698. The Balaban J connectivity index is 1.72. The van der Waals surface area contributed by atoms with Crippen LogP contribution in [0.2, 0.25) is 0 Å². The van der Waals surface area contributed by atoms with Gasteiger partial charge in [-0.25, -0.2) is 0 Å². The summed E-state index contributed by atoms with van der Waals surface area (Å²) in [6, 6.07) is 5.29. The van der Waals surface area contributed by atoms with Crippen molar-refractivity contribution < 1.29 is 9.53 Å². The number of methoxy groups -OCH3 is 1. The minimum Gasteiger partial charge on any atom is -0.497 e. The highest BCUT2D eigenvalue weighted by Crippen LogP contribution is 2.35. The van der Waals surface area contributed by atoms with Crippen LogP contribution in [0.5, 0.6) is 5.75 Å². The van der Waals surface area contributed by atoms with Gasteiger partial charge in [-0.2, -0.15) is 0 Å². The van der Waals surface area contributed by atoms with E-state index in [9.17, 15) is 4.79 Å². The second-order valence-electron chi connectivity index (χ2n) is 5.58. The molecule has 0 atom stereocenters. The number of carbonyl (C=O) groups is 1. The van der Waals surface area contributed by atoms with E-state index < -0.39 is 0 Å². The van der Waals surface area contributed by atoms with E-state index >= 15 is 0 Å². The van der Waals surface area contributed by atoms with Crippen molar-refractivity contribution in [3.8, 4) is 5.75 Å². The zero-order valence-electron chi connectivity index (χ0n) is 12.8. The molecule has 1 aromatic heterocycles. The van der Waals surface area contributed by atoms with E-state index in [1.807, 2.05) is 0 Å². The molecular formula is C16H18BrN3O2S. The first-order chi connectivity index (χ1) is 11.2. The number of ether oxygens (including phenoxy) is 1. The third kappa shape index (κ3) is 3.90. The highest BCUT2D eigenvalue weighted by atomic mass is 79.9. The predicted molar refractivity (Wildman–Crippen MR) is 94.4 cm³/mol. The Hall–Kier alpha value is -1.47.